The van der Waals surface area contributed by atoms with Crippen molar-refractivity contribution in [2.45, 2.75) is 0 Å². The summed E-state index contributed by atoms with van der Waals surface area (Å²) in [5.74, 6) is 5.71. The molecule has 0 radical (unpaired) electrons. The van der Waals surface area contributed by atoms with E-state index in [2.05, 4.69) is 0 Å². The Balaban J connectivity index is 3.64. The third-order valence-electron chi connectivity index (χ3n) is 0.768. The van der Waals surface area contributed by atoms with Crippen LogP contribution in [0.5, 0.6) is 0 Å². The molecule has 0 saturated carbocycles. The van der Waals surface area contributed by atoms with Gasteiger partial charge in [0.1, 0.15) is 0 Å². The predicted molar refractivity (Wildman–Crippen MR) is 52.4 cm³/mol. The Bertz CT molecular complexity index is 129. The third-order valence-corrected chi connectivity index (χ3v) is 6.15. The Kier molecular flexibility index (Phi) is 6.44. The molecule has 0 aromatic heterocycles. The number of alkyl halides is 1. The molecule has 78 valence electrons. The molecule has 0 aliphatic heterocycles. The van der Waals surface area contributed by atoms with Crippen LogP contribution in [0, 0.1) is 0 Å². The number of hydroxylamine groups is 1. The zero-order valence-corrected chi connectivity index (χ0v) is 11.8. The predicted octanol–water partition coefficient (Wildman–Crippen LogP) is -4.07. The molecule has 6 N–H and O–H groups in total. The van der Waals surface area contributed by atoms with Crippen molar-refractivity contribution in [2.24, 2.45) is 15.5 Å². The van der Waals surface area contributed by atoms with Crippen LogP contribution in [-0.4, -0.2) is 31.8 Å². The number of nitrogens with two attached hydrogens (primary N) is 3. The first kappa shape index (κ1) is 13.2. The van der Waals surface area contributed by atoms with Crippen LogP contribution in [0.1, 0.15) is 0 Å². The molecule has 0 spiro atoms. The fourth-order valence-electron chi connectivity index (χ4n) is 0.253. The Morgan fingerprint density at radius 2 is 2.08 bits per heavy atom. The first-order valence-electron chi connectivity index (χ1n) is 3.17. The van der Waals surface area contributed by atoms with E-state index in [0.717, 1.165) is 0 Å². The number of hydrogen-bond donors (Lipinski definition) is 3. The van der Waals surface area contributed by atoms with Crippen molar-refractivity contribution < 1.29 is 27.9 Å². The molecular formula is C4H17I2N5O. The summed E-state index contributed by atoms with van der Waals surface area (Å²) < 4.78 is 13.8. The van der Waals surface area contributed by atoms with Gasteiger partial charge in [0, 0.05) is 0 Å². The van der Waals surface area contributed by atoms with Gasteiger partial charge in [-0.15, -0.1) is 0 Å². The first-order valence-corrected chi connectivity index (χ1v) is 8.75. The number of halogens is 2. The summed E-state index contributed by atoms with van der Waals surface area (Å²) in [7, 11) is 5.60. The Morgan fingerprint density at radius 3 is 2.42 bits per heavy atom. The molecule has 0 unspecified atom stereocenters. The second-order valence-corrected chi connectivity index (χ2v) is 10.1. The molecule has 0 aromatic carbocycles. The maximum atomic E-state index is 5.75. The van der Waals surface area contributed by atoms with Crippen LogP contribution in [0.4, 0.5) is 0 Å². The zero-order chi connectivity index (χ0) is 9.78. The third kappa shape index (κ3) is 6.71. The first-order chi connectivity index (χ1) is 5.37. The fourth-order valence-corrected chi connectivity index (χ4v) is 3.42. The fraction of sp³-hybridized carbons (Fsp3) is 1.00. The van der Waals surface area contributed by atoms with Gasteiger partial charge in [-0.2, -0.15) is 0 Å². The molecule has 8 heteroatoms. The van der Waals surface area contributed by atoms with E-state index in [9.17, 15) is 0 Å². The monoisotopic (exact) mass is 405 g/mol. The number of rotatable bonds is 5. The standard InChI is InChI=1S/C4H17I2N5O/c1-10(6(8)4-7)12-5-11(2,3)9/h4,7-9H2,1-3H3. The van der Waals surface area contributed by atoms with Crippen LogP contribution < -0.4 is 37.4 Å². The van der Waals surface area contributed by atoms with Crippen molar-refractivity contribution in [1.29, 1.82) is 0 Å². The zero-order valence-electron chi connectivity index (χ0n) is 7.50. The van der Waals surface area contributed by atoms with Gasteiger partial charge < -0.3 is 0 Å². The summed E-state index contributed by atoms with van der Waals surface area (Å²) in [5.41, 5.74) is 5.41. The molecule has 0 aromatic rings. The van der Waals surface area contributed by atoms with Crippen molar-refractivity contribution in [3.63, 3.8) is 0 Å². The molecule has 0 saturated heterocycles. The second-order valence-electron chi connectivity index (χ2n) is 2.48. The summed E-state index contributed by atoms with van der Waals surface area (Å²) in [6.07, 6.45) is 0. The van der Waals surface area contributed by atoms with Gasteiger partial charge in [-0.25, -0.2) is 0 Å². The number of quaternary nitrogens is 1. The van der Waals surface area contributed by atoms with Crippen LogP contribution in [0.15, 0.2) is 0 Å². The van der Waals surface area contributed by atoms with Gasteiger partial charge in [0.25, 0.3) is 0 Å². The van der Waals surface area contributed by atoms with Gasteiger partial charge in [-0.1, -0.05) is 0 Å². The van der Waals surface area contributed by atoms with Crippen molar-refractivity contribution in [1.82, 2.24) is 3.28 Å². The van der Waals surface area contributed by atoms with E-state index in [1.807, 2.05) is 21.1 Å². The minimum atomic E-state index is -1.68. The van der Waals surface area contributed by atoms with Gasteiger partial charge >= 0.3 is 92.7 Å². The van der Waals surface area contributed by atoms with Gasteiger partial charge in [0.2, 0.25) is 0 Å². The van der Waals surface area contributed by atoms with E-state index < -0.39 is 42.3 Å². The number of hydrogen-bond acceptors (Lipinski definition) is 5. The average molecular weight is 405 g/mol. The van der Waals surface area contributed by atoms with E-state index in [1.165, 1.54) is 0 Å². The second kappa shape index (κ2) is 5.85. The molecule has 0 heterocycles. The van der Waals surface area contributed by atoms with Gasteiger partial charge in [0.05, 0.1) is 0 Å². The van der Waals surface area contributed by atoms with E-state index in [4.69, 9.17) is 18.7 Å². The SMILES string of the molecule is CN(O[I-][N+](C)(C)N)I(N)CN. The summed E-state index contributed by atoms with van der Waals surface area (Å²) in [5, 5.41) is 0. The Labute approximate surface area is 92.1 Å². The van der Waals surface area contributed by atoms with Crippen LogP contribution in [0.25, 0.3) is 0 Å². The summed E-state index contributed by atoms with van der Waals surface area (Å²) in [4.78, 5) is 0. The molecule has 6 nitrogen and oxygen atoms in total. The summed E-state index contributed by atoms with van der Waals surface area (Å²) in [6, 6.07) is 0. The van der Waals surface area contributed by atoms with Crippen LogP contribution in [0.3, 0.4) is 0 Å². The molecule has 0 aliphatic rings. The Morgan fingerprint density at radius 1 is 1.58 bits per heavy atom. The molecule has 0 aliphatic carbocycles. The van der Waals surface area contributed by atoms with Crippen LogP contribution in [0.2, 0.25) is 0 Å². The average Bonchev–Trinajstić information content (AvgIpc) is 1.97. The van der Waals surface area contributed by atoms with E-state index in [-0.39, 0.29) is 0 Å². The minimum absolute atomic E-state index is 0.373. The topological polar surface area (TPSA) is 90.5 Å². The molecule has 0 fully saturated rings. The molecule has 0 atom stereocenters. The van der Waals surface area contributed by atoms with E-state index in [0.29, 0.717) is 7.36 Å². The normalized spacial score (nSPS) is 14.1. The van der Waals surface area contributed by atoms with Crippen LogP contribution >= 0.6 is 20.4 Å². The summed E-state index contributed by atoms with van der Waals surface area (Å²) >= 11 is -2.23. The van der Waals surface area contributed by atoms with Crippen molar-refractivity contribution in [3.8, 4) is 0 Å². The van der Waals surface area contributed by atoms with Crippen molar-refractivity contribution >= 4 is 20.4 Å². The van der Waals surface area contributed by atoms with Crippen molar-refractivity contribution in [3.05, 3.63) is 0 Å². The summed E-state index contributed by atoms with van der Waals surface area (Å²) in [6.45, 7) is 0. The molecule has 0 rings (SSSR count). The quantitative estimate of drug-likeness (QED) is 0.108. The molecule has 12 heavy (non-hydrogen) atoms. The van der Waals surface area contributed by atoms with E-state index in [1.54, 1.807) is 3.28 Å². The molecular weight excluding hydrogens is 388 g/mol. The van der Waals surface area contributed by atoms with Crippen molar-refractivity contribution in [2.75, 3.05) is 25.7 Å². The van der Waals surface area contributed by atoms with Gasteiger partial charge in [-0.05, 0) is 0 Å². The number of nitrogens with zero attached hydrogens (tertiary/aromatic N) is 2. The Hall–Kier alpha value is 1.22. The molecule has 0 bridgehead atoms. The van der Waals surface area contributed by atoms with Crippen LogP contribution in [-0.2, 0) is 3.17 Å². The van der Waals surface area contributed by atoms with Gasteiger partial charge in [-0.3, -0.25) is 0 Å². The van der Waals surface area contributed by atoms with Gasteiger partial charge in [0.15, 0.2) is 0 Å². The molecule has 0 amide bonds. The van der Waals surface area contributed by atoms with E-state index >= 15 is 0 Å². The maximum absolute atomic E-state index is 5.75.